The molecule has 0 fully saturated rings. The summed E-state index contributed by atoms with van der Waals surface area (Å²) in [6.45, 7) is 3.91. The molecule has 1 aliphatic rings. The van der Waals surface area contributed by atoms with Crippen molar-refractivity contribution in [1.82, 2.24) is 15.1 Å². The van der Waals surface area contributed by atoms with Gasteiger partial charge in [0.1, 0.15) is 6.17 Å². The smallest absolute Gasteiger partial charge is 0.359 e. The molecule has 7 nitrogen and oxygen atoms in total. The van der Waals surface area contributed by atoms with Gasteiger partial charge in [0.2, 0.25) is 0 Å². The largest absolute Gasteiger partial charge is 0.461 e. The van der Waals surface area contributed by atoms with E-state index in [1.165, 1.54) is 0 Å². The summed E-state index contributed by atoms with van der Waals surface area (Å²) in [6, 6.07) is 15.0. The second-order valence-corrected chi connectivity index (χ2v) is 6.48. The van der Waals surface area contributed by atoms with Crippen molar-refractivity contribution in [2.75, 3.05) is 11.9 Å². The van der Waals surface area contributed by atoms with Crippen LogP contribution in [0.4, 0.5) is 5.69 Å². The number of anilines is 1. The van der Waals surface area contributed by atoms with Crippen LogP contribution in [0.3, 0.4) is 0 Å². The Morgan fingerprint density at radius 1 is 1.14 bits per heavy atom. The lowest BCUT2D eigenvalue weighted by molar-refractivity contribution is 0.0516. The lowest BCUT2D eigenvalue weighted by Crippen LogP contribution is -2.39. The molecule has 0 saturated heterocycles. The van der Waals surface area contributed by atoms with E-state index in [0.29, 0.717) is 11.1 Å². The number of amides is 1. The maximum absolute atomic E-state index is 12.6. The standard InChI is InChI=1S/C21H20N4O3/c1-3-28-21(27)18-16(12-25(24-18)14-9-5-4-6-10-14)19-22-17-13(2)8-7-11-15(17)20(26)23-19/h4-12,19,22H,3H2,1-2H3,(H,23,26)/t19-/m0/s1. The van der Waals surface area contributed by atoms with E-state index in [0.717, 1.165) is 16.9 Å². The highest BCUT2D eigenvalue weighted by Gasteiger charge is 2.31. The minimum Gasteiger partial charge on any atom is -0.461 e. The molecule has 0 saturated carbocycles. The molecule has 142 valence electrons. The third-order valence-corrected chi connectivity index (χ3v) is 4.62. The molecule has 2 N–H and O–H groups in total. The SMILES string of the molecule is CCOC(=O)c1nn(-c2ccccc2)cc1[C@@H]1NC(=O)c2cccc(C)c2N1. The Morgan fingerprint density at radius 2 is 1.93 bits per heavy atom. The number of aromatic nitrogens is 2. The van der Waals surface area contributed by atoms with E-state index in [-0.39, 0.29) is 18.2 Å². The molecule has 0 radical (unpaired) electrons. The minimum atomic E-state index is -0.599. The third kappa shape index (κ3) is 3.11. The van der Waals surface area contributed by atoms with Crippen LogP contribution in [0.15, 0.2) is 54.7 Å². The minimum absolute atomic E-state index is 0.167. The molecule has 0 spiro atoms. The number of nitrogens with one attached hydrogen (secondary N) is 2. The summed E-state index contributed by atoms with van der Waals surface area (Å²) in [5, 5.41) is 10.7. The van der Waals surface area contributed by atoms with Crippen molar-refractivity contribution in [1.29, 1.82) is 0 Å². The van der Waals surface area contributed by atoms with Gasteiger partial charge in [0.25, 0.3) is 5.91 Å². The van der Waals surface area contributed by atoms with E-state index in [2.05, 4.69) is 15.7 Å². The predicted octanol–water partition coefficient (Wildman–Crippen LogP) is 3.21. The van der Waals surface area contributed by atoms with E-state index in [9.17, 15) is 9.59 Å². The Bertz CT molecular complexity index is 1040. The van der Waals surface area contributed by atoms with Gasteiger partial charge in [-0.05, 0) is 37.6 Å². The molecule has 3 aromatic rings. The van der Waals surface area contributed by atoms with Crippen molar-refractivity contribution >= 4 is 17.6 Å². The van der Waals surface area contributed by atoms with Crippen LogP contribution in [0.1, 0.15) is 45.1 Å². The van der Waals surface area contributed by atoms with Gasteiger partial charge in [0.15, 0.2) is 5.69 Å². The van der Waals surface area contributed by atoms with E-state index < -0.39 is 12.1 Å². The zero-order chi connectivity index (χ0) is 19.7. The second kappa shape index (κ2) is 7.19. The highest BCUT2D eigenvalue weighted by Crippen LogP contribution is 2.31. The average molecular weight is 376 g/mol. The Balaban J connectivity index is 1.78. The first-order valence-electron chi connectivity index (χ1n) is 9.07. The van der Waals surface area contributed by atoms with Gasteiger partial charge >= 0.3 is 5.97 Å². The number of nitrogens with zero attached hydrogens (tertiary/aromatic N) is 2. The Hall–Kier alpha value is -3.61. The molecule has 1 atom stereocenters. The van der Waals surface area contributed by atoms with Gasteiger partial charge in [-0.2, -0.15) is 5.10 Å². The normalized spacial score (nSPS) is 15.4. The highest BCUT2D eigenvalue weighted by molar-refractivity contribution is 6.02. The first-order chi connectivity index (χ1) is 13.6. The topological polar surface area (TPSA) is 85.2 Å². The lowest BCUT2D eigenvalue weighted by atomic mass is 10.0. The quantitative estimate of drug-likeness (QED) is 0.683. The van der Waals surface area contributed by atoms with Crippen LogP contribution in [-0.4, -0.2) is 28.3 Å². The van der Waals surface area contributed by atoms with E-state index in [4.69, 9.17) is 4.74 Å². The molecule has 0 bridgehead atoms. The summed E-state index contributed by atoms with van der Waals surface area (Å²) in [4.78, 5) is 25.1. The monoisotopic (exact) mass is 376 g/mol. The second-order valence-electron chi connectivity index (χ2n) is 6.48. The number of rotatable bonds is 4. The number of hydrogen-bond donors (Lipinski definition) is 2. The van der Waals surface area contributed by atoms with Crippen LogP contribution in [0.25, 0.3) is 5.69 Å². The van der Waals surface area contributed by atoms with Crippen LogP contribution in [-0.2, 0) is 4.74 Å². The molecule has 7 heteroatoms. The number of ether oxygens (including phenoxy) is 1. The fourth-order valence-electron chi connectivity index (χ4n) is 3.26. The number of fused-ring (bicyclic) bond motifs is 1. The van der Waals surface area contributed by atoms with Crippen LogP contribution in [0.5, 0.6) is 0 Å². The van der Waals surface area contributed by atoms with Crippen LogP contribution < -0.4 is 10.6 Å². The number of carbonyl (C=O) groups excluding carboxylic acids is 2. The van der Waals surface area contributed by atoms with Gasteiger partial charge in [-0.15, -0.1) is 0 Å². The molecule has 0 unspecified atom stereocenters. The fourth-order valence-corrected chi connectivity index (χ4v) is 3.26. The number of aryl methyl sites for hydroxylation is 1. The van der Waals surface area contributed by atoms with Crippen molar-refractivity contribution in [2.24, 2.45) is 0 Å². The van der Waals surface area contributed by atoms with Crippen LogP contribution in [0.2, 0.25) is 0 Å². The Morgan fingerprint density at radius 3 is 2.68 bits per heavy atom. The molecule has 28 heavy (non-hydrogen) atoms. The van der Waals surface area contributed by atoms with Gasteiger partial charge in [-0.25, -0.2) is 9.48 Å². The molecule has 1 amide bonds. The Labute approximate surface area is 162 Å². The number of para-hydroxylation sites is 2. The van der Waals surface area contributed by atoms with Crippen molar-refractivity contribution in [3.05, 3.63) is 77.1 Å². The maximum atomic E-state index is 12.6. The zero-order valence-electron chi connectivity index (χ0n) is 15.6. The van der Waals surface area contributed by atoms with E-state index in [1.54, 1.807) is 23.9 Å². The van der Waals surface area contributed by atoms with Crippen LogP contribution >= 0.6 is 0 Å². The molecule has 1 aromatic heterocycles. The number of benzene rings is 2. The summed E-state index contributed by atoms with van der Waals surface area (Å²) < 4.78 is 6.79. The van der Waals surface area contributed by atoms with E-state index in [1.807, 2.05) is 49.4 Å². The third-order valence-electron chi connectivity index (χ3n) is 4.62. The maximum Gasteiger partial charge on any atom is 0.359 e. The fraction of sp³-hybridized carbons (Fsp3) is 0.190. The summed E-state index contributed by atoms with van der Waals surface area (Å²) in [7, 11) is 0. The van der Waals surface area contributed by atoms with E-state index >= 15 is 0 Å². The van der Waals surface area contributed by atoms with Crippen molar-refractivity contribution in [2.45, 2.75) is 20.0 Å². The zero-order valence-corrected chi connectivity index (χ0v) is 15.6. The van der Waals surface area contributed by atoms with Crippen molar-refractivity contribution in [3.63, 3.8) is 0 Å². The van der Waals surface area contributed by atoms with Gasteiger partial charge in [0, 0.05) is 11.8 Å². The van der Waals surface area contributed by atoms with Crippen molar-refractivity contribution < 1.29 is 14.3 Å². The first-order valence-corrected chi connectivity index (χ1v) is 9.07. The molecule has 2 heterocycles. The number of hydrogen-bond acceptors (Lipinski definition) is 5. The Kier molecular flexibility index (Phi) is 4.57. The van der Waals surface area contributed by atoms with Gasteiger partial charge in [-0.3, -0.25) is 4.79 Å². The molecule has 1 aliphatic heterocycles. The highest BCUT2D eigenvalue weighted by atomic mass is 16.5. The molecule has 2 aromatic carbocycles. The summed E-state index contributed by atoms with van der Waals surface area (Å²) >= 11 is 0. The lowest BCUT2D eigenvalue weighted by Gasteiger charge is -2.28. The molecular formula is C21H20N4O3. The molecule has 0 aliphatic carbocycles. The van der Waals surface area contributed by atoms with Crippen molar-refractivity contribution in [3.8, 4) is 5.69 Å². The van der Waals surface area contributed by atoms with Crippen LogP contribution in [0, 0.1) is 6.92 Å². The average Bonchev–Trinajstić information content (AvgIpc) is 3.15. The first kappa shape index (κ1) is 17.8. The van der Waals surface area contributed by atoms with Gasteiger partial charge in [0.05, 0.1) is 23.5 Å². The summed E-state index contributed by atoms with van der Waals surface area (Å²) in [6.07, 6.45) is 1.14. The number of esters is 1. The summed E-state index contributed by atoms with van der Waals surface area (Å²) in [5.74, 6) is -0.733. The molecular weight excluding hydrogens is 356 g/mol. The number of carbonyl (C=O) groups is 2. The van der Waals surface area contributed by atoms with Gasteiger partial charge in [-0.1, -0.05) is 30.3 Å². The predicted molar refractivity (Wildman–Crippen MR) is 105 cm³/mol. The van der Waals surface area contributed by atoms with Gasteiger partial charge < -0.3 is 15.4 Å². The summed E-state index contributed by atoms with van der Waals surface area (Å²) in [5.41, 5.74) is 3.79. The molecule has 4 rings (SSSR count).